The molecule has 11 nitrogen and oxygen atoms in total. The molecular weight excluding hydrogens is 548 g/mol. The molecule has 0 fully saturated rings. The van der Waals surface area contributed by atoms with E-state index in [1.807, 2.05) is 48.8 Å². The van der Waals surface area contributed by atoms with Crippen molar-refractivity contribution in [3.63, 3.8) is 0 Å². The number of para-hydroxylation sites is 2. The average Bonchev–Trinajstić information content (AvgIpc) is 3.51. The highest BCUT2D eigenvalue weighted by atomic mass is 32.2. The van der Waals surface area contributed by atoms with Crippen LogP contribution in [0.25, 0.3) is 33.0 Å². The van der Waals surface area contributed by atoms with Crippen molar-refractivity contribution in [3.05, 3.63) is 72.1 Å². The monoisotopic (exact) mass is 582 g/mol. The summed E-state index contributed by atoms with van der Waals surface area (Å²) in [7, 11) is 0.459. The SMILES string of the molecule is CN(C)C[C@@H]1CCn2cc(c3ccccc32)C2=C(C(=O)NC2=O)c2cn(c3ccccc23)CCO1.CS(=O)(=O)O.O. The zero-order valence-electron chi connectivity index (χ0n) is 23.1. The summed E-state index contributed by atoms with van der Waals surface area (Å²) in [5, 5.41) is 4.48. The number of rotatable bonds is 2. The van der Waals surface area contributed by atoms with Crippen LogP contribution in [0.15, 0.2) is 60.9 Å². The second-order valence-electron chi connectivity index (χ2n) is 10.3. The van der Waals surface area contributed by atoms with Gasteiger partial charge in [0.15, 0.2) is 0 Å². The number of nitrogens with one attached hydrogen (secondary N) is 1. The third-order valence-corrected chi connectivity index (χ3v) is 6.99. The lowest BCUT2D eigenvalue weighted by atomic mass is 9.95. The fraction of sp³-hybridized carbons (Fsp3) is 0.310. The normalized spacial score (nSPS) is 17.5. The molecule has 2 aromatic carbocycles. The topological polar surface area (TPSA) is 154 Å². The van der Waals surface area contributed by atoms with Gasteiger partial charge >= 0.3 is 0 Å². The van der Waals surface area contributed by atoms with Crippen molar-refractivity contribution in [1.29, 1.82) is 0 Å². The van der Waals surface area contributed by atoms with Crippen LogP contribution in [-0.4, -0.2) is 83.9 Å². The van der Waals surface area contributed by atoms with Gasteiger partial charge in [-0.2, -0.15) is 8.42 Å². The van der Waals surface area contributed by atoms with E-state index >= 15 is 0 Å². The van der Waals surface area contributed by atoms with Gasteiger partial charge in [0.25, 0.3) is 21.9 Å². The Morgan fingerprint density at radius 3 is 1.85 bits per heavy atom. The minimum Gasteiger partial charge on any atom is -0.412 e. The largest absolute Gasteiger partial charge is 0.412 e. The number of amides is 2. The molecule has 0 unspecified atom stereocenters. The molecule has 0 radical (unpaired) electrons. The van der Waals surface area contributed by atoms with Crippen molar-refractivity contribution in [2.45, 2.75) is 25.6 Å². The summed E-state index contributed by atoms with van der Waals surface area (Å²) >= 11 is 0. The number of likely N-dealkylation sites (N-methyl/N-ethyl adjacent to an activating group) is 1. The fourth-order valence-corrected chi connectivity index (χ4v) is 5.47. The number of hydrogen-bond acceptors (Lipinski definition) is 6. The molecule has 4 heterocycles. The van der Waals surface area contributed by atoms with Gasteiger partial charge in [0.1, 0.15) is 0 Å². The Bertz CT molecular complexity index is 1740. The minimum atomic E-state index is -3.67. The summed E-state index contributed by atoms with van der Waals surface area (Å²) in [5.74, 6) is -0.690. The van der Waals surface area contributed by atoms with Gasteiger partial charge in [-0.25, -0.2) is 0 Å². The van der Waals surface area contributed by atoms with Gasteiger partial charge in [-0.1, -0.05) is 36.4 Å². The molecule has 0 saturated carbocycles. The van der Waals surface area contributed by atoms with E-state index in [0.717, 1.165) is 52.4 Å². The van der Waals surface area contributed by atoms with Crippen molar-refractivity contribution in [2.75, 3.05) is 33.5 Å². The van der Waals surface area contributed by atoms with Gasteiger partial charge < -0.3 is 24.2 Å². The van der Waals surface area contributed by atoms with Crippen molar-refractivity contribution < 1.29 is 32.8 Å². The molecular formula is C29H34N4O7S. The van der Waals surface area contributed by atoms with Crippen molar-refractivity contribution in [3.8, 4) is 0 Å². The van der Waals surface area contributed by atoms with E-state index in [1.54, 1.807) is 0 Å². The smallest absolute Gasteiger partial charge is 0.261 e. The zero-order valence-corrected chi connectivity index (χ0v) is 23.9. The molecule has 6 rings (SSSR count). The van der Waals surface area contributed by atoms with Crippen LogP contribution >= 0.6 is 0 Å². The lowest BCUT2D eigenvalue weighted by molar-refractivity contribution is -0.122. The number of aromatic nitrogens is 2. The Morgan fingerprint density at radius 2 is 1.37 bits per heavy atom. The van der Waals surface area contributed by atoms with E-state index in [2.05, 4.69) is 45.6 Å². The molecule has 4 N–H and O–H groups in total. The number of imide groups is 1. The van der Waals surface area contributed by atoms with Gasteiger partial charge in [-0.15, -0.1) is 0 Å². The standard InChI is InChI=1S/C28H28N4O3.CH4O3S.H2O/c1-30(2)15-18-11-12-31-16-21(19-7-3-5-9-23(19)31)25-26(28(34)29-27(25)33)22-17-32(13-14-35-18)24-10-6-4-8-20(22)24;1-5(2,3)4;/h3-10,16-18H,11-15H2,1-2H3,(H,29,33,34);1H3,(H,2,3,4);1H2/t18-;;/m0../s1. The van der Waals surface area contributed by atoms with Crippen LogP contribution in [0.5, 0.6) is 0 Å². The Balaban J connectivity index is 0.000000596. The zero-order chi connectivity index (χ0) is 28.6. The molecule has 41 heavy (non-hydrogen) atoms. The maximum atomic E-state index is 13.2. The Morgan fingerprint density at radius 1 is 0.902 bits per heavy atom. The second kappa shape index (κ2) is 12.0. The van der Waals surface area contributed by atoms with E-state index in [4.69, 9.17) is 9.29 Å². The van der Waals surface area contributed by atoms with E-state index in [1.165, 1.54) is 0 Å². The predicted molar refractivity (Wildman–Crippen MR) is 158 cm³/mol. The van der Waals surface area contributed by atoms with Crippen LogP contribution in [0, 0.1) is 0 Å². The molecule has 2 aliphatic heterocycles. The van der Waals surface area contributed by atoms with E-state index in [-0.39, 0.29) is 23.4 Å². The molecule has 4 bridgehead atoms. The Kier molecular flexibility index (Phi) is 8.80. The predicted octanol–water partition coefficient (Wildman–Crippen LogP) is 2.19. The lowest BCUT2D eigenvalue weighted by Gasteiger charge is -2.22. The third-order valence-electron chi connectivity index (χ3n) is 6.99. The first-order chi connectivity index (χ1) is 19.0. The number of aryl methyl sites for hydroxylation is 1. The summed E-state index contributed by atoms with van der Waals surface area (Å²) in [5.41, 5.74) is 4.52. The number of ether oxygens (including phenoxy) is 1. The summed E-state index contributed by atoms with van der Waals surface area (Å²) in [6.07, 6.45) is 5.64. The second-order valence-corrected chi connectivity index (χ2v) is 11.8. The van der Waals surface area contributed by atoms with Gasteiger partial charge in [0.2, 0.25) is 0 Å². The van der Waals surface area contributed by atoms with Crippen LogP contribution < -0.4 is 5.32 Å². The summed E-state index contributed by atoms with van der Waals surface area (Å²) in [6.45, 7) is 2.81. The molecule has 0 aliphatic carbocycles. The Labute approximate surface area is 238 Å². The maximum absolute atomic E-state index is 13.2. The Hall–Kier alpha value is -3.81. The molecule has 0 spiro atoms. The van der Waals surface area contributed by atoms with Crippen LogP contribution in [0.4, 0.5) is 0 Å². The van der Waals surface area contributed by atoms with Crippen LogP contribution in [-0.2, 0) is 37.5 Å². The molecule has 218 valence electrons. The molecule has 2 aromatic heterocycles. The minimum absolute atomic E-state index is 0. The lowest BCUT2D eigenvalue weighted by Crippen LogP contribution is -2.30. The van der Waals surface area contributed by atoms with Gasteiger partial charge in [0, 0.05) is 65.0 Å². The number of benzene rings is 2. The highest BCUT2D eigenvalue weighted by Crippen LogP contribution is 2.39. The fourth-order valence-electron chi connectivity index (χ4n) is 5.47. The average molecular weight is 583 g/mol. The van der Waals surface area contributed by atoms with E-state index < -0.39 is 10.1 Å². The van der Waals surface area contributed by atoms with Crippen LogP contribution in [0.1, 0.15) is 17.5 Å². The molecule has 0 saturated heterocycles. The first kappa shape index (κ1) is 30.2. The number of fused-ring (bicyclic) bond motifs is 12. The van der Waals surface area contributed by atoms with Crippen molar-refractivity contribution in [1.82, 2.24) is 19.4 Å². The van der Waals surface area contributed by atoms with E-state index in [0.29, 0.717) is 30.6 Å². The summed E-state index contributed by atoms with van der Waals surface area (Å²) in [4.78, 5) is 28.5. The number of hydrogen-bond donors (Lipinski definition) is 2. The first-order valence-electron chi connectivity index (χ1n) is 13.0. The third kappa shape index (κ3) is 6.42. The highest BCUT2D eigenvalue weighted by Gasteiger charge is 2.35. The van der Waals surface area contributed by atoms with Crippen molar-refractivity contribution >= 4 is 54.9 Å². The molecule has 2 aliphatic rings. The van der Waals surface area contributed by atoms with Gasteiger partial charge in [-0.3, -0.25) is 19.5 Å². The highest BCUT2D eigenvalue weighted by molar-refractivity contribution is 7.85. The van der Waals surface area contributed by atoms with Gasteiger partial charge in [-0.05, 0) is 32.6 Å². The summed E-state index contributed by atoms with van der Waals surface area (Å²) < 4.78 is 36.6. The number of carbonyl (C=O) groups excluding carboxylic acids is 2. The van der Waals surface area contributed by atoms with Crippen LogP contribution in [0.3, 0.4) is 0 Å². The first-order valence-corrected chi connectivity index (χ1v) is 14.8. The summed E-state index contributed by atoms with van der Waals surface area (Å²) in [6, 6.07) is 16.1. The van der Waals surface area contributed by atoms with Crippen molar-refractivity contribution in [2.24, 2.45) is 0 Å². The van der Waals surface area contributed by atoms with E-state index in [9.17, 15) is 18.0 Å². The van der Waals surface area contributed by atoms with Crippen LogP contribution in [0.2, 0.25) is 0 Å². The molecule has 12 heteroatoms. The molecule has 1 atom stereocenters. The quantitative estimate of drug-likeness (QED) is 0.271. The number of nitrogens with zero attached hydrogens (tertiary/aromatic N) is 3. The molecule has 2 amide bonds. The molecule has 4 aromatic rings. The maximum Gasteiger partial charge on any atom is 0.261 e. The number of carbonyl (C=O) groups is 2. The van der Waals surface area contributed by atoms with Gasteiger partial charge in [0.05, 0.1) is 30.1 Å².